The molecule has 4 saturated carbocycles. The molecule has 0 spiro atoms. The van der Waals surface area contributed by atoms with E-state index in [9.17, 15) is 4.79 Å². The Morgan fingerprint density at radius 2 is 1.80 bits per heavy atom. The molecule has 134 valence electrons. The highest BCUT2D eigenvalue weighted by atomic mass is 35.5. The van der Waals surface area contributed by atoms with Gasteiger partial charge in [0.15, 0.2) is 5.11 Å². The standard InChI is InChI=1S/C20H25ClN2OS/c1-12-2-3-16(7-17(12)21)22-19(25)23-18(24)11-20-8-13-4-14(9-20)6-15(5-13)10-20/h2-3,7,13-15H,4-6,8-11H2,1H3,(H2,22,23,24,25). The number of anilines is 1. The largest absolute Gasteiger partial charge is 0.332 e. The molecular weight excluding hydrogens is 352 g/mol. The van der Waals surface area contributed by atoms with Gasteiger partial charge in [0.05, 0.1) is 0 Å². The maximum atomic E-state index is 12.6. The lowest BCUT2D eigenvalue weighted by molar-refractivity contribution is -0.127. The van der Waals surface area contributed by atoms with Crippen molar-refractivity contribution in [2.24, 2.45) is 23.2 Å². The number of benzene rings is 1. The molecule has 4 fully saturated rings. The Balaban J connectivity index is 1.34. The van der Waals surface area contributed by atoms with Crippen molar-refractivity contribution in [3.05, 3.63) is 28.8 Å². The predicted octanol–water partition coefficient (Wildman–Crippen LogP) is 5.07. The molecule has 0 aliphatic heterocycles. The Bertz CT molecular complexity index is 682. The molecule has 0 unspecified atom stereocenters. The predicted molar refractivity (Wildman–Crippen MR) is 106 cm³/mol. The average molecular weight is 377 g/mol. The van der Waals surface area contributed by atoms with Crippen molar-refractivity contribution in [3.8, 4) is 0 Å². The molecule has 1 amide bonds. The molecule has 0 radical (unpaired) electrons. The fourth-order valence-corrected chi connectivity index (χ4v) is 6.26. The van der Waals surface area contributed by atoms with Crippen molar-refractivity contribution >= 4 is 40.5 Å². The number of amides is 1. The zero-order chi connectivity index (χ0) is 17.6. The second-order valence-electron chi connectivity index (χ2n) is 8.56. The summed E-state index contributed by atoms with van der Waals surface area (Å²) in [5.41, 5.74) is 2.06. The van der Waals surface area contributed by atoms with Gasteiger partial charge < -0.3 is 10.6 Å². The van der Waals surface area contributed by atoms with Gasteiger partial charge in [-0.3, -0.25) is 4.79 Å². The summed E-state index contributed by atoms with van der Waals surface area (Å²) in [7, 11) is 0. The van der Waals surface area contributed by atoms with E-state index >= 15 is 0 Å². The Hall–Kier alpha value is -1.13. The second kappa shape index (κ2) is 6.55. The molecule has 25 heavy (non-hydrogen) atoms. The molecule has 1 aromatic rings. The lowest BCUT2D eigenvalue weighted by Gasteiger charge is -2.56. The van der Waals surface area contributed by atoms with Crippen LogP contribution in [0.5, 0.6) is 0 Å². The molecular formula is C20H25ClN2OS. The minimum atomic E-state index is 0.0534. The molecule has 1 aromatic carbocycles. The van der Waals surface area contributed by atoms with Crippen LogP contribution in [0.4, 0.5) is 5.69 Å². The highest BCUT2D eigenvalue weighted by Crippen LogP contribution is 2.61. The van der Waals surface area contributed by atoms with E-state index < -0.39 is 0 Å². The number of carbonyl (C=O) groups excluding carboxylic acids is 1. The minimum absolute atomic E-state index is 0.0534. The van der Waals surface area contributed by atoms with Gasteiger partial charge in [0.2, 0.25) is 5.91 Å². The van der Waals surface area contributed by atoms with E-state index in [0.717, 1.165) is 29.0 Å². The SMILES string of the molecule is Cc1ccc(NC(=S)NC(=O)CC23CC4CC(CC(C4)C2)C3)cc1Cl. The third kappa shape index (κ3) is 3.70. The van der Waals surface area contributed by atoms with Crippen molar-refractivity contribution in [1.82, 2.24) is 5.32 Å². The number of thiocarbonyl (C=S) groups is 1. The number of hydrogen-bond acceptors (Lipinski definition) is 2. The summed E-state index contributed by atoms with van der Waals surface area (Å²) in [6.07, 6.45) is 8.52. The maximum absolute atomic E-state index is 12.6. The molecule has 0 saturated heterocycles. The van der Waals surface area contributed by atoms with Crippen LogP contribution in [0.25, 0.3) is 0 Å². The molecule has 0 atom stereocenters. The van der Waals surface area contributed by atoms with Gasteiger partial charge in [-0.1, -0.05) is 17.7 Å². The molecule has 5 rings (SSSR count). The smallest absolute Gasteiger partial charge is 0.226 e. The fourth-order valence-electron chi connectivity index (χ4n) is 5.85. The van der Waals surface area contributed by atoms with Crippen LogP contribution in [0, 0.1) is 30.1 Å². The van der Waals surface area contributed by atoms with E-state index in [4.69, 9.17) is 23.8 Å². The molecule has 2 N–H and O–H groups in total. The average Bonchev–Trinajstić information content (AvgIpc) is 2.48. The Morgan fingerprint density at radius 1 is 1.20 bits per heavy atom. The molecule has 4 aliphatic rings. The lowest BCUT2D eigenvalue weighted by Crippen LogP contribution is -2.48. The summed E-state index contributed by atoms with van der Waals surface area (Å²) < 4.78 is 0. The minimum Gasteiger partial charge on any atom is -0.332 e. The molecule has 4 aliphatic carbocycles. The second-order valence-corrected chi connectivity index (χ2v) is 9.38. The number of nitrogens with one attached hydrogen (secondary N) is 2. The zero-order valence-corrected chi connectivity index (χ0v) is 16.2. The van der Waals surface area contributed by atoms with Gasteiger partial charge in [-0.15, -0.1) is 0 Å². The summed E-state index contributed by atoms with van der Waals surface area (Å²) in [6, 6.07) is 5.68. The monoisotopic (exact) mass is 376 g/mol. The van der Waals surface area contributed by atoms with Gasteiger partial charge in [-0.25, -0.2) is 0 Å². The summed E-state index contributed by atoms with van der Waals surface area (Å²) in [6.45, 7) is 1.96. The van der Waals surface area contributed by atoms with E-state index in [1.54, 1.807) is 0 Å². The van der Waals surface area contributed by atoms with Crippen LogP contribution in [0.2, 0.25) is 5.02 Å². The third-order valence-electron chi connectivity index (χ3n) is 6.38. The fraction of sp³-hybridized carbons (Fsp3) is 0.600. The zero-order valence-electron chi connectivity index (χ0n) is 14.6. The first-order chi connectivity index (χ1) is 11.9. The third-order valence-corrected chi connectivity index (χ3v) is 6.99. The van der Waals surface area contributed by atoms with E-state index in [0.29, 0.717) is 16.6 Å². The summed E-state index contributed by atoms with van der Waals surface area (Å²) in [5, 5.41) is 6.98. The van der Waals surface area contributed by atoms with Crippen molar-refractivity contribution in [3.63, 3.8) is 0 Å². The Morgan fingerprint density at radius 3 is 2.36 bits per heavy atom. The van der Waals surface area contributed by atoms with Crippen LogP contribution in [0.3, 0.4) is 0 Å². The van der Waals surface area contributed by atoms with Crippen molar-refractivity contribution in [2.45, 2.75) is 51.9 Å². The Kier molecular flexibility index (Phi) is 4.53. The molecule has 5 heteroatoms. The maximum Gasteiger partial charge on any atom is 0.226 e. The van der Waals surface area contributed by atoms with E-state index in [1.165, 1.54) is 38.5 Å². The number of carbonyl (C=O) groups is 1. The van der Waals surface area contributed by atoms with E-state index in [1.807, 2.05) is 25.1 Å². The number of aryl methyl sites for hydroxylation is 1. The van der Waals surface area contributed by atoms with Gasteiger partial charge in [-0.05, 0) is 98.5 Å². The van der Waals surface area contributed by atoms with Gasteiger partial charge in [0.1, 0.15) is 0 Å². The van der Waals surface area contributed by atoms with Crippen molar-refractivity contribution in [1.29, 1.82) is 0 Å². The van der Waals surface area contributed by atoms with Gasteiger partial charge in [0.25, 0.3) is 0 Å². The van der Waals surface area contributed by atoms with Gasteiger partial charge in [0, 0.05) is 17.1 Å². The van der Waals surface area contributed by atoms with Crippen LogP contribution in [0.1, 0.15) is 50.5 Å². The first-order valence-electron chi connectivity index (χ1n) is 9.28. The first kappa shape index (κ1) is 17.3. The van der Waals surface area contributed by atoms with Gasteiger partial charge in [-0.2, -0.15) is 0 Å². The quantitative estimate of drug-likeness (QED) is 0.724. The van der Waals surface area contributed by atoms with Crippen molar-refractivity contribution < 1.29 is 4.79 Å². The molecule has 4 bridgehead atoms. The number of hydrogen-bond donors (Lipinski definition) is 2. The summed E-state index contributed by atoms with van der Waals surface area (Å²) >= 11 is 11.4. The molecule has 3 nitrogen and oxygen atoms in total. The van der Waals surface area contributed by atoms with Crippen LogP contribution < -0.4 is 10.6 Å². The number of halogens is 1. The topological polar surface area (TPSA) is 41.1 Å². The Labute approximate surface area is 159 Å². The van der Waals surface area contributed by atoms with Crippen molar-refractivity contribution in [2.75, 3.05) is 5.32 Å². The van der Waals surface area contributed by atoms with Crippen LogP contribution in [0.15, 0.2) is 18.2 Å². The normalized spacial score (nSPS) is 32.5. The summed E-state index contributed by atoms with van der Waals surface area (Å²) in [5.74, 6) is 2.63. The van der Waals surface area contributed by atoms with E-state index in [-0.39, 0.29) is 11.3 Å². The molecule has 0 aromatic heterocycles. The lowest BCUT2D eigenvalue weighted by atomic mass is 9.49. The molecule has 0 heterocycles. The van der Waals surface area contributed by atoms with Crippen LogP contribution >= 0.6 is 23.8 Å². The van der Waals surface area contributed by atoms with E-state index in [2.05, 4.69) is 10.6 Å². The van der Waals surface area contributed by atoms with Crippen LogP contribution in [-0.2, 0) is 4.79 Å². The van der Waals surface area contributed by atoms with Crippen LogP contribution in [-0.4, -0.2) is 11.0 Å². The number of rotatable bonds is 3. The summed E-state index contributed by atoms with van der Waals surface area (Å²) in [4.78, 5) is 12.6. The first-order valence-corrected chi connectivity index (χ1v) is 10.1. The van der Waals surface area contributed by atoms with Gasteiger partial charge >= 0.3 is 0 Å². The highest BCUT2D eigenvalue weighted by Gasteiger charge is 2.51. The highest BCUT2D eigenvalue weighted by molar-refractivity contribution is 7.80.